The molecule has 12 heavy (non-hydrogen) atoms. The molecular formula is C8H13FN2S. The van der Waals surface area contributed by atoms with Crippen LogP contribution in [0.25, 0.3) is 0 Å². The summed E-state index contributed by atoms with van der Waals surface area (Å²) in [6.07, 6.45) is 0. The minimum absolute atomic E-state index is 0.390. The molecule has 0 bridgehead atoms. The molecule has 0 spiro atoms. The van der Waals surface area contributed by atoms with E-state index in [1.807, 2.05) is 6.92 Å². The van der Waals surface area contributed by atoms with Gasteiger partial charge in [-0.05, 0) is 20.8 Å². The van der Waals surface area contributed by atoms with Crippen molar-refractivity contribution in [2.24, 2.45) is 5.73 Å². The highest BCUT2D eigenvalue weighted by Crippen LogP contribution is 2.32. The molecule has 0 aromatic carbocycles. The van der Waals surface area contributed by atoms with Crippen LogP contribution in [0.3, 0.4) is 0 Å². The number of hydrogen-bond donors (Lipinski definition) is 1. The molecule has 68 valence electrons. The Morgan fingerprint density at radius 2 is 2.17 bits per heavy atom. The maximum Gasteiger partial charge on any atom is 0.141 e. The third kappa shape index (κ3) is 1.81. The van der Waals surface area contributed by atoms with Gasteiger partial charge in [0.15, 0.2) is 0 Å². The number of nitrogens with two attached hydrogens (primary N) is 1. The van der Waals surface area contributed by atoms with Crippen molar-refractivity contribution >= 4 is 11.3 Å². The predicted molar refractivity (Wildman–Crippen MR) is 48.9 cm³/mol. The number of rotatable bonds is 2. The molecule has 0 fully saturated rings. The molecule has 0 saturated carbocycles. The van der Waals surface area contributed by atoms with Crippen LogP contribution in [0, 0.1) is 6.92 Å². The summed E-state index contributed by atoms with van der Waals surface area (Å²) >= 11 is 1.36. The summed E-state index contributed by atoms with van der Waals surface area (Å²) in [5, 5.41) is 0.799. The van der Waals surface area contributed by atoms with E-state index in [0.29, 0.717) is 11.4 Å². The third-order valence-corrected chi connectivity index (χ3v) is 3.03. The summed E-state index contributed by atoms with van der Waals surface area (Å²) in [6, 6.07) is 0. The van der Waals surface area contributed by atoms with E-state index in [2.05, 4.69) is 4.98 Å². The monoisotopic (exact) mass is 188 g/mol. The zero-order valence-electron chi connectivity index (χ0n) is 7.52. The quantitative estimate of drug-likeness (QED) is 0.772. The van der Waals surface area contributed by atoms with Gasteiger partial charge < -0.3 is 5.73 Å². The van der Waals surface area contributed by atoms with E-state index in [1.165, 1.54) is 25.2 Å². The summed E-state index contributed by atoms with van der Waals surface area (Å²) in [5.41, 5.74) is 4.86. The van der Waals surface area contributed by atoms with Crippen molar-refractivity contribution in [1.29, 1.82) is 0 Å². The molecule has 0 unspecified atom stereocenters. The average molecular weight is 188 g/mol. The normalized spacial score (nSPS) is 12.1. The lowest BCUT2D eigenvalue weighted by Crippen LogP contribution is -2.07. The Labute approximate surface area is 75.6 Å². The van der Waals surface area contributed by atoms with Gasteiger partial charge in [0.05, 0.1) is 10.6 Å². The standard InChI is InChI=1S/C8H13FN2S/c1-5-7(8(2,3)9)12-6(4-10)11-5/h4,10H2,1-3H3. The molecule has 0 saturated heterocycles. The summed E-state index contributed by atoms with van der Waals surface area (Å²) in [5.74, 6) is 0. The fraction of sp³-hybridized carbons (Fsp3) is 0.625. The van der Waals surface area contributed by atoms with Crippen LogP contribution < -0.4 is 5.73 Å². The van der Waals surface area contributed by atoms with Crippen LogP contribution in [-0.4, -0.2) is 4.98 Å². The molecule has 1 heterocycles. The molecule has 0 aliphatic carbocycles. The van der Waals surface area contributed by atoms with Crippen LogP contribution in [0.4, 0.5) is 4.39 Å². The number of halogens is 1. The van der Waals surface area contributed by atoms with Crippen molar-refractivity contribution in [1.82, 2.24) is 4.98 Å². The van der Waals surface area contributed by atoms with Crippen LogP contribution in [0.15, 0.2) is 0 Å². The number of alkyl halides is 1. The van der Waals surface area contributed by atoms with Gasteiger partial charge in [-0.1, -0.05) is 0 Å². The summed E-state index contributed by atoms with van der Waals surface area (Å²) in [6.45, 7) is 5.27. The first-order valence-corrected chi connectivity index (χ1v) is 4.62. The summed E-state index contributed by atoms with van der Waals surface area (Å²) in [7, 11) is 0. The van der Waals surface area contributed by atoms with E-state index in [1.54, 1.807) is 0 Å². The number of nitrogens with zero attached hydrogens (tertiary/aromatic N) is 1. The average Bonchev–Trinajstić information content (AvgIpc) is 2.29. The maximum absolute atomic E-state index is 13.5. The molecule has 0 aliphatic heterocycles. The molecule has 0 aliphatic rings. The van der Waals surface area contributed by atoms with Crippen molar-refractivity contribution in [2.75, 3.05) is 0 Å². The van der Waals surface area contributed by atoms with Gasteiger partial charge in [0, 0.05) is 6.54 Å². The van der Waals surface area contributed by atoms with Gasteiger partial charge in [-0.25, -0.2) is 9.37 Å². The second-order valence-electron chi connectivity index (χ2n) is 3.20. The zero-order chi connectivity index (χ0) is 9.35. The van der Waals surface area contributed by atoms with Gasteiger partial charge in [0.25, 0.3) is 0 Å². The van der Waals surface area contributed by atoms with Gasteiger partial charge in [-0.3, -0.25) is 0 Å². The molecule has 2 N–H and O–H groups in total. The Hall–Kier alpha value is -0.480. The zero-order valence-corrected chi connectivity index (χ0v) is 8.33. The number of aryl methyl sites for hydroxylation is 1. The molecule has 0 radical (unpaired) electrons. The Balaban J connectivity index is 3.08. The van der Waals surface area contributed by atoms with Crippen LogP contribution in [0.5, 0.6) is 0 Å². The molecule has 4 heteroatoms. The van der Waals surface area contributed by atoms with Gasteiger partial charge in [0.1, 0.15) is 10.7 Å². The Morgan fingerprint density at radius 1 is 1.58 bits per heavy atom. The lowest BCUT2D eigenvalue weighted by Gasteiger charge is -2.11. The van der Waals surface area contributed by atoms with Gasteiger partial charge in [-0.2, -0.15) is 0 Å². The van der Waals surface area contributed by atoms with E-state index in [4.69, 9.17) is 5.73 Å². The second-order valence-corrected chi connectivity index (χ2v) is 4.28. The minimum atomic E-state index is -1.30. The van der Waals surface area contributed by atoms with E-state index >= 15 is 0 Å². The number of thiazole rings is 1. The van der Waals surface area contributed by atoms with Crippen molar-refractivity contribution < 1.29 is 4.39 Å². The molecule has 1 aromatic rings. The van der Waals surface area contributed by atoms with Crippen molar-refractivity contribution in [3.05, 3.63) is 15.6 Å². The molecular weight excluding hydrogens is 175 g/mol. The van der Waals surface area contributed by atoms with Crippen molar-refractivity contribution in [3.8, 4) is 0 Å². The van der Waals surface area contributed by atoms with Gasteiger partial charge >= 0.3 is 0 Å². The molecule has 0 atom stereocenters. The highest BCUT2D eigenvalue weighted by atomic mass is 32.1. The van der Waals surface area contributed by atoms with E-state index in [-0.39, 0.29) is 0 Å². The number of aromatic nitrogens is 1. The van der Waals surface area contributed by atoms with Crippen molar-refractivity contribution in [2.45, 2.75) is 33.0 Å². The summed E-state index contributed by atoms with van der Waals surface area (Å²) < 4.78 is 13.5. The first kappa shape index (κ1) is 9.61. The highest BCUT2D eigenvalue weighted by molar-refractivity contribution is 7.11. The maximum atomic E-state index is 13.5. The molecule has 1 aromatic heterocycles. The lowest BCUT2D eigenvalue weighted by atomic mass is 10.1. The first-order valence-electron chi connectivity index (χ1n) is 3.81. The second kappa shape index (κ2) is 3.11. The van der Waals surface area contributed by atoms with E-state index in [9.17, 15) is 4.39 Å². The molecule has 1 rings (SSSR count). The van der Waals surface area contributed by atoms with E-state index in [0.717, 1.165) is 10.7 Å². The summed E-state index contributed by atoms with van der Waals surface area (Å²) in [4.78, 5) is 4.83. The van der Waals surface area contributed by atoms with Crippen LogP contribution in [0.1, 0.15) is 29.4 Å². The lowest BCUT2D eigenvalue weighted by molar-refractivity contribution is 0.225. The minimum Gasteiger partial charge on any atom is -0.325 e. The molecule has 2 nitrogen and oxygen atoms in total. The fourth-order valence-electron chi connectivity index (χ4n) is 1.09. The Bertz CT molecular complexity index is 275. The Morgan fingerprint density at radius 3 is 2.42 bits per heavy atom. The fourth-order valence-corrected chi connectivity index (χ4v) is 2.03. The highest BCUT2D eigenvalue weighted by Gasteiger charge is 2.24. The smallest absolute Gasteiger partial charge is 0.141 e. The predicted octanol–water partition coefficient (Wildman–Crippen LogP) is 2.11. The van der Waals surface area contributed by atoms with Crippen LogP contribution in [-0.2, 0) is 12.2 Å². The van der Waals surface area contributed by atoms with Crippen LogP contribution >= 0.6 is 11.3 Å². The van der Waals surface area contributed by atoms with Gasteiger partial charge in [-0.15, -0.1) is 11.3 Å². The third-order valence-electron chi connectivity index (χ3n) is 1.56. The largest absolute Gasteiger partial charge is 0.325 e. The topological polar surface area (TPSA) is 38.9 Å². The van der Waals surface area contributed by atoms with Crippen molar-refractivity contribution in [3.63, 3.8) is 0 Å². The molecule has 0 amide bonds. The Kier molecular flexibility index (Phi) is 2.49. The number of hydrogen-bond acceptors (Lipinski definition) is 3. The van der Waals surface area contributed by atoms with E-state index < -0.39 is 5.67 Å². The van der Waals surface area contributed by atoms with Gasteiger partial charge in [0.2, 0.25) is 0 Å². The van der Waals surface area contributed by atoms with Crippen LogP contribution in [0.2, 0.25) is 0 Å². The first-order chi connectivity index (χ1) is 5.45. The SMILES string of the molecule is Cc1nc(CN)sc1C(C)(C)F.